The van der Waals surface area contributed by atoms with E-state index in [1.54, 1.807) is 0 Å². The molecular weight excluding hydrogens is 294 g/mol. The number of hydrogen-bond donors (Lipinski definition) is 1. The fourth-order valence-corrected chi connectivity index (χ4v) is 3.82. The Labute approximate surface area is 124 Å². The van der Waals surface area contributed by atoms with Gasteiger partial charge in [0.25, 0.3) is 10.2 Å². The predicted molar refractivity (Wildman–Crippen MR) is 77.7 cm³/mol. The highest BCUT2D eigenvalue weighted by atomic mass is 32.2. The molecule has 1 aliphatic heterocycles. The lowest BCUT2D eigenvalue weighted by Crippen LogP contribution is -2.43. The van der Waals surface area contributed by atoms with E-state index in [0.29, 0.717) is 19.5 Å². The largest absolute Gasteiger partial charge is 0.448 e. The summed E-state index contributed by atoms with van der Waals surface area (Å²) in [5, 5.41) is 0. The summed E-state index contributed by atoms with van der Waals surface area (Å²) < 4.78 is 32.0. The molecule has 7 nitrogen and oxygen atoms in total. The lowest BCUT2D eigenvalue weighted by Gasteiger charge is -2.26. The van der Waals surface area contributed by atoms with Crippen molar-refractivity contribution >= 4 is 16.3 Å². The number of nitrogens with zero attached hydrogens (tertiary/aromatic N) is 2. The number of carbonyl (C=O) groups is 1. The Kier molecular flexibility index (Phi) is 4.81. The summed E-state index contributed by atoms with van der Waals surface area (Å²) >= 11 is 0. The average Bonchev–Trinajstić information content (AvgIpc) is 2.70. The number of primary amides is 1. The molecule has 1 aromatic carbocycles. The highest BCUT2D eigenvalue weighted by Gasteiger charge is 2.39. The fourth-order valence-electron chi connectivity index (χ4n) is 2.33. The molecule has 0 aliphatic carbocycles. The van der Waals surface area contributed by atoms with E-state index < -0.39 is 22.3 Å². The zero-order valence-electron chi connectivity index (χ0n) is 11.8. The number of nitrogens with two attached hydrogens (primary N) is 1. The Hall–Kier alpha value is -1.64. The third-order valence-corrected chi connectivity index (χ3v) is 5.51. The minimum Gasteiger partial charge on any atom is -0.448 e. The Morgan fingerprint density at radius 3 is 2.52 bits per heavy atom. The van der Waals surface area contributed by atoms with Crippen molar-refractivity contribution in [3.05, 3.63) is 35.9 Å². The lowest BCUT2D eigenvalue weighted by molar-refractivity contribution is 0.128. The number of likely N-dealkylation sites (N-methyl/N-ethyl adjacent to an activating group) is 1. The first-order valence-electron chi connectivity index (χ1n) is 6.60. The molecular formula is C13H19N3O4S. The van der Waals surface area contributed by atoms with Crippen LogP contribution in [0, 0.1) is 0 Å². The van der Waals surface area contributed by atoms with Gasteiger partial charge in [0.15, 0.2) is 0 Å². The van der Waals surface area contributed by atoms with Crippen LogP contribution in [-0.4, -0.2) is 55.9 Å². The number of benzene rings is 1. The van der Waals surface area contributed by atoms with Crippen molar-refractivity contribution in [2.75, 3.05) is 26.7 Å². The maximum absolute atomic E-state index is 12.2. The first kappa shape index (κ1) is 15.7. The zero-order valence-corrected chi connectivity index (χ0v) is 12.6. The molecule has 21 heavy (non-hydrogen) atoms. The Morgan fingerprint density at radius 2 is 2.00 bits per heavy atom. The second-order valence-corrected chi connectivity index (χ2v) is 6.90. The second kappa shape index (κ2) is 6.42. The normalized spacial score (nSPS) is 20.2. The number of hydrogen-bond acceptors (Lipinski definition) is 4. The Morgan fingerprint density at radius 1 is 1.33 bits per heavy atom. The quantitative estimate of drug-likeness (QED) is 0.839. The van der Waals surface area contributed by atoms with E-state index in [1.807, 2.05) is 30.3 Å². The molecule has 1 amide bonds. The topological polar surface area (TPSA) is 92.9 Å². The standard InChI is InChI=1S/C13H19N3O4S/c1-15-7-8-16(21(15,18)19)12(10-20-13(14)17)9-11-5-3-2-4-6-11/h2-6,12H,7-10H2,1H3,(H2,14,17). The van der Waals surface area contributed by atoms with Gasteiger partial charge in [-0.2, -0.15) is 17.0 Å². The van der Waals surface area contributed by atoms with Gasteiger partial charge < -0.3 is 10.5 Å². The van der Waals surface area contributed by atoms with Crippen molar-refractivity contribution in [3.63, 3.8) is 0 Å². The van der Waals surface area contributed by atoms with Crippen molar-refractivity contribution in [2.24, 2.45) is 5.73 Å². The van der Waals surface area contributed by atoms with Crippen molar-refractivity contribution in [2.45, 2.75) is 12.5 Å². The molecule has 0 aromatic heterocycles. The van der Waals surface area contributed by atoms with Crippen LogP contribution in [-0.2, 0) is 21.4 Å². The fraction of sp³-hybridized carbons (Fsp3) is 0.462. The van der Waals surface area contributed by atoms with E-state index >= 15 is 0 Å². The molecule has 116 valence electrons. The third kappa shape index (κ3) is 3.72. The Balaban J connectivity index is 2.18. The van der Waals surface area contributed by atoms with Crippen LogP contribution in [0.2, 0.25) is 0 Å². The molecule has 0 saturated carbocycles. The number of carbonyl (C=O) groups excluding carboxylic acids is 1. The van der Waals surface area contributed by atoms with Crippen LogP contribution >= 0.6 is 0 Å². The van der Waals surface area contributed by atoms with Crippen LogP contribution < -0.4 is 5.73 Å². The number of amides is 1. The molecule has 0 spiro atoms. The Bertz CT molecular complexity index is 591. The summed E-state index contributed by atoms with van der Waals surface area (Å²) in [5.41, 5.74) is 5.96. The molecule has 1 aromatic rings. The van der Waals surface area contributed by atoms with Crippen LogP contribution in [0.3, 0.4) is 0 Å². The smallest absolute Gasteiger partial charge is 0.404 e. The van der Waals surface area contributed by atoms with Gasteiger partial charge in [0.2, 0.25) is 0 Å². The molecule has 8 heteroatoms. The van der Waals surface area contributed by atoms with Crippen LogP contribution in [0.1, 0.15) is 5.56 Å². The van der Waals surface area contributed by atoms with Crippen LogP contribution in [0.5, 0.6) is 0 Å². The van der Waals surface area contributed by atoms with E-state index in [2.05, 4.69) is 0 Å². The molecule has 1 atom stereocenters. The van der Waals surface area contributed by atoms with Crippen molar-refractivity contribution < 1.29 is 17.9 Å². The van der Waals surface area contributed by atoms with E-state index in [1.165, 1.54) is 15.7 Å². The number of ether oxygens (including phenoxy) is 1. The predicted octanol–water partition coefficient (Wildman–Crippen LogP) is 0.185. The summed E-state index contributed by atoms with van der Waals surface area (Å²) in [6.07, 6.45) is -0.445. The van der Waals surface area contributed by atoms with Gasteiger partial charge in [0, 0.05) is 20.1 Å². The monoisotopic (exact) mass is 313 g/mol. The molecule has 1 fully saturated rings. The van der Waals surface area contributed by atoms with Crippen molar-refractivity contribution in [1.82, 2.24) is 8.61 Å². The maximum atomic E-state index is 12.2. The molecule has 0 radical (unpaired) electrons. The van der Waals surface area contributed by atoms with E-state index in [-0.39, 0.29) is 6.61 Å². The minimum absolute atomic E-state index is 0.0582. The van der Waals surface area contributed by atoms with E-state index in [9.17, 15) is 13.2 Å². The molecule has 1 saturated heterocycles. The highest BCUT2D eigenvalue weighted by molar-refractivity contribution is 7.87. The summed E-state index contributed by atoms with van der Waals surface area (Å²) in [4.78, 5) is 10.8. The van der Waals surface area contributed by atoms with Gasteiger partial charge in [0.05, 0.1) is 6.04 Å². The van der Waals surface area contributed by atoms with Gasteiger partial charge in [0.1, 0.15) is 6.61 Å². The van der Waals surface area contributed by atoms with E-state index in [4.69, 9.17) is 10.5 Å². The number of rotatable bonds is 5. The molecule has 1 aliphatic rings. The highest BCUT2D eigenvalue weighted by Crippen LogP contribution is 2.20. The first-order valence-corrected chi connectivity index (χ1v) is 8.00. The third-order valence-electron chi connectivity index (χ3n) is 3.46. The average molecular weight is 313 g/mol. The molecule has 0 bridgehead atoms. The molecule has 2 N–H and O–H groups in total. The van der Waals surface area contributed by atoms with Crippen LogP contribution in [0.4, 0.5) is 4.79 Å². The van der Waals surface area contributed by atoms with Gasteiger partial charge in [-0.3, -0.25) is 0 Å². The first-order chi connectivity index (χ1) is 9.91. The SMILES string of the molecule is CN1CCN(C(COC(N)=O)Cc2ccccc2)S1(=O)=O. The molecule has 2 rings (SSSR count). The maximum Gasteiger partial charge on any atom is 0.404 e. The van der Waals surface area contributed by atoms with Gasteiger partial charge in [-0.1, -0.05) is 30.3 Å². The van der Waals surface area contributed by atoms with E-state index in [0.717, 1.165) is 5.56 Å². The second-order valence-electron chi connectivity index (χ2n) is 4.91. The van der Waals surface area contributed by atoms with Crippen LogP contribution in [0.15, 0.2) is 30.3 Å². The van der Waals surface area contributed by atoms with Crippen LogP contribution in [0.25, 0.3) is 0 Å². The van der Waals surface area contributed by atoms with Gasteiger partial charge in [-0.25, -0.2) is 4.79 Å². The van der Waals surface area contributed by atoms with Gasteiger partial charge in [-0.15, -0.1) is 0 Å². The summed E-state index contributed by atoms with van der Waals surface area (Å²) in [6.45, 7) is 0.736. The minimum atomic E-state index is -3.50. The molecule has 1 unspecified atom stereocenters. The molecule has 1 heterocycles. The van der Waals surface area contributed by atoms with Crippen molar-refractivity contribution in [1.29, 1.82) is 0 Å². The summed E-state index contributed by atoms with van der Waals surface area (Å²) in [5.74, 6) is 0. The lowest BCUT2D eigenvalue weighted by atomic mass is 10.1. The zero-order chi connectivity index (χ0) is 15.5. The summed E-state index contributed by atoms with van der Waals surface area (Å²) in [7, 11) is -1.97. The van der Waals surface area contributed by atoms with Crippen molar-refractivity contribution in [3.8, 4) is 0 Å². The van der Waals surface area contributed by atoms with Gasteiger partial charge in [-0.05, 0) is 12.0 Å². The van der Waals surface area contributed by atoms with Gasteiger partial charge >= 0.3 is 6.09 Å². The summed E-state index contributed by atoms with van der Waals surface area (Å²) in [6, 6.07) is 9.00.